The van der Waals surface area contributed by atoms with Gasteiger partial charge in [-0.2, -0.15) is 0 Å². The lowest BCUT2D eigenvalue weighted by molar-refractivity contribution is -0.918. The van der Waals surface area contributed by atoms with Gasteiger partial charge in [-0.3, -0.25) is 0 Å². The summed E-state index contributed by atoms with van der Waals surface area (Å²) in [6, 6.07) is 0.787. The summed E-state index contributed by atoms with van der Waals surface area (Å²) in [5, 5.41) is 0. The summed E-state index contributed by atoms with van der Waals surface area (Å²) in [7, 11) is 0. The highest BCUT2D eigenvalue weighted by molar-refractivity contribution is 4.87. The number of hydrogen-bond acceptors (Lipinski definition) is 1. The molecule has 96 valence electrons. The zero-order valence-electron chi connectivity index (χ0n) is 12.2. The third kappa shape index (κ3) is 2.43. The Morgan fingerprint density at radius 1 is 1.12 bits per heavy atom. The minimum Gasteiger partial charge on any atom is -0.310 e. The molecular weight excluding hydrogens is 196 g/mol. The van der Waals surface area contributed by atoms with Crippen molar-refractivity contribution in [1.82, 2.24) is 4.90 Å². The van der Waals surface area contributed by atoms with Crippen LogP contribution in [0.1, 0.15) is 54.4 Å². The molecule has 2 heteroatoms. The van der Waals surface area contributed by atoms with Gasteiger partial charge < -0.3 is 4.48 Å². The molecule has 0 saturated carbocycles. The highest BCUT2D eigenvalue weighted by Crippen LogP contribution is 2.32. The molecule has 0 N–H and O–H groups in total. The van der Waals surface area contributed by atoms with Crippen LogP contribution in [-0.2, 0) is 0 Å². The Morgan fingerprint density at radius 3 is 2.06 bits per heavy atom. The lowest BCUT2D eigenvalue weighted by Crippen LogP contribution is -2.50. The minimum atomic E-state index is 0.366. The van der Waals surface area contributed by atoms with Gasteiger partial charge in [-0.1, -0.05) is 13.8 Å². The zero-order valence-corrected chi connectivity index (χ0v) is 12.2. The summed E-state index contributed by atoms with van der Waals surface area (Å²) in [5.74, 6) is 0. The molecule has 1 fully saturated rings. The lowest BCUT2D eigenvalue weighted by atomic mass is 9.97. The quantitative estimate of drug-likeness (QED) is 0.652. The van der Waals surface area contributed by atoms with E-state index in [2.05, 4.69) is 46.4 Å². The Bertz CT molecular complexity index is 219. The maximum Gasteiger partial charge on any atom is 0.135 e. The third-order valence-electron chi connectivity index (χ3n) is 4.95. The van der Waals surface area contributed by atoms with Crippen molar-refractivity contribution in [3.05, 3.63) is 0 Å². The fourth-order valence-corrected chi connectivity index (χ4v) is 2.96. The first-order valence-electron chi connectivity index (χ1n) is 7.06. The van der Waals surface area contributed by atoms with Gasteiger partial charge in [0, 0.05) is 5.54 Å². The van der Waals surface area contributed by atoms with Crippen molar-refractivity contribution in [2.45, 2.75) is 66.0 Å². The molecule has 16 heavy (non-hydrogen) atoms. The lowest BCUT2D eigenvalue weighted by Gasteiger charge is -2.38. The predicted octanol–water partition coefficient (Wildman–Crippen LogP) is 3.08. The monoisotopic (exact) mass is 227 g/mol. The van der Waals surface area contributed by atoms with Crippen LogP contribution in [-0.4, -0.2) is 47.3 Å². The average Bonchev–Trinajstić information content (AvgIpc) is 2.69. The smallest absolute Gasteiger partial charge is 0.135 e. The van der Waals surface area contributed by atoms with Crippen LogP contribution in [0.4, 0.5) is 0 Å². The summed E-state index contributed by atoms with van der Waals surface area (Å²) in [4.78, 5) is 2.76. The van der Waals surface area contributed by atoms with Gasteiger partial charge in [-0.25, -0.2) is 4.90 Å². The molecule has 1 unspecified atom stereocenters. The fourth-order valence-electron chi connectivity index (χ4n) is 2.96. The molecule has 1 rings (SSSR count). The topological polar surface area (TPSA) is 3.24 Å². The number of likely N-dealkylation sites (N-methyl/N-ethyl adjacent to an activating group) is 1. The number of nitrogens with zero attached hydrogens (tertiary/aromatic N) is 2. The molecule has 1 aliphatic heterocycles. The molecule has 1 saturated heterocycles. The van der Waals surface area contributed by atoms with Crippen LogP contribution < -0.4 is 0 Å². The van der Waals surface area contributed by atoms with Gasteiger partial charge in [-0.15, -0.1) is 0 Å². The van der Waals surface area contributed by atoms with E-state index in [1.165, 1.54) is 43.6 Å². The predicted molar refractivity (Wildman–Crippen MR) is 71.4 cm³/mol. The highest BCUT2D eigenvalue weighted by Gasteiger charge is 2.45. The standard InChI is InChI=1S/C14H31N2/c1-7-13-11-16(9-3,10-4)12-15(13)14(5,6)8-2/h13H,7-12H2,1-6H3/q+1. The Kier molecular flexibility index (Phi) is 4.42. The van der Waals surface area contributed by atoms with E-state index in [1.54, 1.807) is 0 Å². The summed E-state index contributed by atoms with van der Waals surface area (Å²) in [5.41, 5.74) is 0.366. The largest absolute Gasteiger partial charge is 0.310 e. The molecule has 2 nitrogen and oxygen atoms in total. The second kappa shape index (κ2) is 5.05. The van der Waals surface area contributed by atoms with Gasteiger partial charge in [0.15, 0.2) is 0 Å². The molecule has 1 atom stereocenters. The van der Waals surface area contributed by atoms with Gasteiger partial charge in [0.1, 0.15) is 6.67 Å². The molecule has 0 amide bonds. The molecule has 0 radical (unpaired) electrons. The van der Waals surface area contributed by atoms with Crippen molar-refractivity contribution in [3.63, 3.8) is 0 Å². The van der Waals surface area contributed by atoms with Gasteiger partial charge in [-0.05, 0) is 40.5 Å². The van der Waals surface area contributed by atoms with E-state index in [-0.39, 0.29) is 0 Å². The zero-order chi connectivity index (χ0) is 12.4. The van der Waals surface area contributed by atoms with Gasteiger partial charge in [0.05, 0.1) is 25.7 Å². The maximum atomic E-state index is 2.76. The van der Waals surface area contributed by atoms with Gasteiger partial charge in [0.2, 0.25) is 0 Å². The van der Waals surface area contributed by atoms with Crippen LogP contribution in [0, 0.1) is 0 Å². The molecule has 0 aromatic carbocycles. The van der Waals surface area contributed by atoms with E-state index >= 15 is 0 Å². The first-order chi connectivity index (χ1) is 7.44. The fraction of sp³-hybridized carbons (Fsp3) is 1.00. The molecule has 1 aliphatic rings. The van der Waals surface area contributed by atoms with Crippen LogP contribution in [0.25, 0.3) is 0 Å². The number of hydrogen-bond donors (Lipinski definition) is 0. The Labute approximate surface area is 102 Å². The summed E-state index contributed by atoms with van der Waals surface area (Å²) >= 11 is 0. The van der Waals surface area contributed by atoms with Crippen molar-refractivity contribution in [3.8, 4) is 0 Å². The van der Waals surface area contributed by atoms with Crippen LogP contribution in [0.15, 0.2) is 0 Å². The Morgan fingerprint density at radius 2 is 1.69 bits per heavy atom. The molecule has 0 aromatic rings. The number of rotatable bonds is 5. The average molecular weight is 227 g/mol. The van der Waals surface area contributed by atoms with E-state index in [1.807, 2.05) is 0 Å². The van der Waals surface area contributed by atoms with E-state index in [9.17, 15) is 0 Å². The first kappa shape index (κ1) is 14.0. The van der Waals surface area contributed by atoms with Crippen molar-refractivity contribution < 1.29 is 4.48 Å². The van der Waals surface area contributed by atoms with Crippen molar-refractivity contribution in [2.24, 2.45) is 0 Å². The SMILES string of the molecule is CCC1C[N+](CC)(CC)CN1C(C)(C)CC. The highest BCUT2D eigenvalue weighted by atomic mass is 15.5. The normalized spacial score (nSPS) is 26.2. The summed E-state index contributed by atoms with van der Waals surface area (Å²) < 4.78 is 1.29. The molecule has 0 spiro atoms. The molecular formula is C14H31N2+. The second-order valence-electron chi connectivity index (χ2n) is 6.00. The van der Waals surface area contributed by atoms with Crippen molar-refractivity contribution in [1.29, 1.82) is 0 Å². The number of quaternary nitrogens is 1. The van der Waals surface area contributed by atoms with Crippen LogP contribution in [0.3, 0.4) is 0 Å². The Hall–Kier alpha value is -0.0800. The second-order valence-corrected chi connectivity index (χ2v) is 6.00. The molecule has 0 aliphatic carbocycles. The molecule has 1 heterocycles. The van der Waals surface area contributed by atoms with E-state index in [0.717, 1.165) is 6.04 Å². The minimum absolute atomic E-state index is 0.366. The summed E-state index contributed by atoms with van der Waals surface area (Å²) in [6.45, 7) is 19.3. The van der Waals surface area contributed by atoms with E-state index in [4.69, 9.17) is 0 Å². The first-order valence-corrected chi connectivity index (χ1v) is 7.06. The van der Waals surface area contributed by atoms with Crippen LogP contribution in [0.5, 0.6) is 0 Å². The summed E-state index contributed by atoms with van der Waals surface area (Å²) in [6.07, 6.45) is 2.54. The van der Waals surface area contributed by atoms with Crippen molar-refractivity contribution >= 4 is 0 Å². The van der Waals surface area contributed by atoms with Crippen molar-refractivity contribution in [2.75, 3.05) is 26.3 Å². The molecule has 0 aromatic heterocycles. The van der Waals surface area contributed by atoms with E-state index < -0.39 is 0 Å². The van der Waals surface area contributed by atoms with Crippen LogP contribution in [0.2, 0.25) is 0 Å². The third-order valence-corrected chi connectivity index (χ3v) is 4.95. The van der Waals surface area contributed by atoms with Gasteiger partial charge in [0.25, 0.3) is 0 Å². The Balaban J connectivity index is 2.86. The van der Waals surface area contributed by atoms with Crippen LogP contribution >= 0.6 is 0 Å². The maximum absolute atomic E-state index is 2.76. The van der Waals surface area contributed by atoms with E-state index in [0.29, 0.717) is 5.54 Å². The molecule has 0 bridgehead atoms. The van der Waals surface area contributed by atoms with Gasteiger partial charge >= 0.3 is 0 Å².